The fourth-order valence-corrected chi connectivity index (χ4v) is 10.1. The van der Waals surface area contributed by atoms with Crippen LogP contribution in [0.25, 0.3) is 16.3 Å². The van der Waals surface area contributed by atoms with E-state index in [1.54, 1.807) is 46.6 Å². The third kappa shape index (κ3) is 10.4. The SMILES string of the molecule is CSc1ccc2c(c1)N(CCNC(=O)CCC(=O)O)/C(=C/C1=CC3=C/C(=C/c4sc5ccc(SC)cc5[n+]4CCNC(=O)CC[CH-]O[O-])CCC3CC1)S2. The lowest BCUT2D eigenvalue weighted by atomic mass is 9.77. The quantitative estimate of drug-likeness (QED) is 0.0332. The van der Waals surface area contributed by atoms with Crippen LogP contribution in [0.1, 0.15) is 56.4 Å². The molecular formula is C40H45N4O6S4-. The Labute approximate surface area is 333 Å². The first kappa shape index (κ1) is 40.1. The van der Waals surface area contributed by atoms with Gasteiger partial charge in [0.25, 0.3) is 5.01 Å². The maximum Gasteiger partial charge on any atom is 0.303 e. The van der Waals surface area contributed by atoms with Crippen LogP contribution in [0, 0.1) is 12.5 Å². The number of hydrogen-bond donors (Lipinski definition) is 3. The number of carbonyl (C=O) groups excluding carboxylic acids is 2. The summed E-state index contributed by atoms with van der Waals surface area (Å²) in [4.78, 5) is 45.1. The van der Waals surface area contributed by atoms with Crippen molar-refractivity contribution in [3.05, 3.63) is 88.0 Å². The highest BCUT2D eigenvalue weighted by atomic mass is 32.2. The predicted molar refractivity (Wildman–Crippen MR) is 217 cm³/mol. The zero-order valence-corrected chi connectivity index (χ0v) is 33.7. The van der Waals surface area contributed by atoms with Crippen molar-refractivity contribution >= 4 is 86.4 Å². The number of rotatable bonds is 17. The van der Waals surface area contributed by atoms with E-state index in [0.717, 1.165) is 53.5 Å². The number of fused-ring (bicyclic) bond motifs is 3. The third-order valence-electron chi connectivity index (χ3n) is 9.67. The van der Waals surface area contributed by atoms with Crippen molar-refractivity contribution in [1.29, 1.82) is 0 Å². The number of hydrogen-bond acceptors (Lipinski definition) is 10. The Morgan fingerprint density at radius 3 is 2.56 bits per heavy atom. The molecule has 2 heterocycles. The van der Waals surface area contributed by atoms with E-state index in [-0.39, 0.29) is 37.5 Å². The van der Waals surface area contributed by atoms with Crippen LogP contribution in [0.4, 0.5) is 5.69 Å². The zero-order valence-electron chi connectivity index (χ0n) is 30.4. The summed E-state index contributed by atoms with van der Waals surface area (Å²) in [7, 11) is 0. The van der Waals surface area contributed by atoms with Crippen LogP contribution in [0.2, 0.25) is 0 Å². The molecule has 1 aliphatic heterocycles. The number of thiazole rings is 1. The fourth-order valence-electron chi connectivity index (χ4n) is 6.90. The highest BCUT2D eigenvalue weighted by Crippen LogP contribution is 2.48. The number of carboxylic acid groups (broad SMARTS) is 1. The summed E-state index contributed by atoms with van der Waals surface area (Å²) in [5.41, 5.74) is 6.21. The molecule has 0 saturated heterocycles. The number of nitrogens with one attached hydrogen (secondary N) is 2. The summed E-state index contributed by atoms with van der Waals surface area (Å²) in [6.07, 6.45) is 18.0. The minimum absolute atomic E-state index is 0.0274. The van der Waals surface area contributed by atoms with Gasteiger partial charge < -0.3 is 30.8 Å². The molecule has 3 N–H and O–H groups in total. The lowest BCUT2D eigenvalue weighted by Crippen LogP contribution is -2.41. The summed E-state index contributed by atoms with van der Waals surface area (Å²) >= 11 is 6.92. The monoisotopic (exact) mass is 805 g/mol. The van der Waals surface area contributed by atoms with Gasteiger partial charge in [-0.1, -0.05) is 35.3 Å². The Morgan fingerprint density at radius 2 is 1.76 bits per heavy atom. The van der Waals surface area contributed by atoms with Crippen molar-refractivity contribution in [2.45, 2.75) is 72.6 Å². The molecule has 6 rings (SSSR count). The Hall–Kier alpha value is -3.53. The number of carboxylic acids is 1. The number of carbonyl (C=O) groups is 3. The van der Waals surface area contributed by atoms with Gasteiger partial charge in [0.05, 0.1) is 23.7 Å². The molecule has 2 aromatic carbocycles. The number of allylic oxidation sites excluding steroid dienone is 6. The smallest absolute Gasteiger partial charge is 0.303 e. The van der Waals surface area contributed by atoms with E-state index in [0.29, 0.717) is 32.1 Å². The van der Waals surface area contributed by atoms with Crippen LogP contribution in [-0.4, -0.2) is 55.0 Å². The van der Waals surface area contributed by atoms with Gasteiger partial charge in [-0.3, -0.25) is 14.4 Å². The van der Waals surface area contributed by atoms with Crippen molar-refractivity contribution in [1.82, 2.24) is 10.6 Å². The number of anilines is 1. The van der Waals surface area contributed by atoms with Gasteiger partial charge in [0.2, 0.25) is 17.3 Å². The van der Waals surface area contributed by atoms with Crippen LogP contribution < -0.4 is 25.4 Å². The van der Waals surface area contributed by atoms with E-state index in [1.807, 2.05) is 0 Å². The Kier molecular flexibility index (Phi) is 14.4. The molecule has 1 atom stereocenters. The standard InChI is InChI=1S/C40H46N4O6S4/c1-51-30-9-11-34-32(24-30)43(17-15-41-36(45)4-3-19-50-49)38(53-34)22-26-5-7-28-8-6-27(21-29(28)20-26)23-39-44(18-16-42-37(46)13-14-40(47)48)33-25-31(52-2)10-12-35(33)54-39/h9-12,19-25,28,49H,3-8,13-18H2,1-2H3,(H,41,45)(H,42,46)(H,47,48)/p-1. The number of amides is 2. The zero-order chi connectivity index (χ0) is 38.0. The number of benzene rings is 2. The number of nitrogens with zero attached hydrogens (tertiary/aromatic N) is 2. The van der Waals surface area contributed by atoms with Gasteiger partial charge in [-0.2, -0.15) is 4.57 Å². The van der Waals surface area contributed by atoms with Crippen molar-refractivity contribution < 1.29 is 34.2 Å². The third-order valence-corrected chi connectivity index (χ3v) is 13.3. The molecular weight excluding hydrogens is 761 g/mol. The largest absolute Gasteiger partial charge is 0.759 e. The van der Waals surface area contributed by atoms with E-state index >= 15 is 0 Å². The lowest BCUT2D eigenvalue weighted by molar-refractivity contribution is -0.675. The normalized spacial score (nSPS) is 18.1. The van der Waals surface area contributed by atoms with Gasteiger partial charge in [-0.25, -0.2) is 6.61 Å². The van der Waals surface area contributed by atoms with E-state index in [4.69, 9.17) is 5.11 Å². The van der Waals surface area contributed by atoms with E-state index in [1.165, 1.54) is 36.1 Å². The van der Waals surface area contributed by atoms with Crippen molar-refractivity contribution in [3.8, 4) is 0 Å². The van der Waals surface area contributed by atoms with Crippen molar-refractivity contribution in [2.75, 3.05) is 37.0 Å². The van der Waals surface area contributed by atoms with E-state index in [9.17, 15) is 19.6 Å². The van der Waals surface area contributed by atoms with Gasteiger partial charge in [0.1, 0.15) is 4.70 Å². The lowest BCUT2D eigenvalue weighted by Gasteiger charge is -2.29. The first-order chi connectivity index (χ1) is 26.2. The van der Waals surface area contributed by atoms with E-state index in [2.05, 4.69) is 98.2 Å². The Morgan fingerprint density at radius 1 is 1.00 bits per heavy atom. The first-order valence-electron chi connectivity index (χ1n) is 18.1. The van der Waals surface area contributed by atoms with Crippen LogP contribution in [0.15, 0.2) is 91.1 Å². The summed E-state index contributed by atoms with van der Waals surface area (Å²) in [6.45, 7) is 3.20. The molecule has 2 aliphatic carbocycles. The molecule has 0 radical (unpaired) electrons. The van der Waals surface area contributed by atoms with Gasteiger partial charge in [0.15, 0.2) is 6.54 Å². The average molecular weight is 806 g/mol. The minimum Gasteiger partial charge on any atom is -0.759 e. The number of aliphatic carboxylic acids is 1. The summed E-state index contributed by atoms with van der Waals surface area (Å²) < 4.78 is 3.50. The van der Waals surface area contributed by atoms with Gasteiger partial charge in [-0.15, -0.1) is 29.9 Å². The van der Waals surface area contributed by atoms with E-state index < -0.39 is 5.97 Å². The second kappa shape index (κ2) is 19.4. The van der Waals surface area contributed by atoms with Gasteiger partial charge in [-0.05, 0) is 97.2 Å². The summed E-state index contributed by atoms with van der Waals surface area (Å²) in [6, 6.07) is 13.1. The van der Waals surface area contributed by atoms with Gasteiger partial charge in [0, 0.05) is 52.8 Å². The topological polar surface area (TPSA) is 135 Å². The molecule has 14 heteroatoms. The fraction of sp³-hybridized carbons (Fsp3) is 0.375. The molecule has 0 spiro atoms. The molecule has 286 valence electrons. The predicted octanol–water partition coefficient (Wildman–Crippen LogP) is 6.86. The highest BCUT2D eigenvalue weighted by Gasteiger charge is 2.28. The molecule has 2 amide bonds. The molecule has 0 bridgehead atoms. The van der Waals surface area contributed by atoms with Crippen LogP contribution >= 0.6 is 46.6 Å². The molecule has 3 aliphatic rings. The maximum absolute atomic E-state index is 12.3. The molecule has 0 fully saturated rings. The second-order valence-electron chi connectivity index (χ2n) is 13.2. The average Bonchev–Trinajstić information content (AvgIpc) is 3.69. The molecule has 1 unspecified atom stereocenters. The molecule has 3 aromatic rings. The maximum atomic E-state index is 12.3. The van der Waals surface area contributed by atoms with Crippen LogP contribution in [0.3, 0.4) is 0 Å². The highest BCUT2D eigenvalue weighted by molar-refractivity contribution is 8.03. The minimum atomic E-state index is -0.976. The molecule has 0 saturated carbocycles. The molecule has 10 nitrogen and oxygen atoms in total. The number of aromatic nitrogens is 1. The van der Waals surface area contributed by atoms with Crippen LogP contribution in [-0.2, 0) is 25.8 Å². The number of thioether (sulfide) groups is 3. The van der Waals surface area contributed by atoms with Crippen molar-refractivity contribution in [3.63, 3.8) is 0 Å². The van der Waals surface area contributed by atoms with Gasteiger partial charge >= 0.3 is 5.97 Å². The Balaban J connectivity index is 1.23. The molecule has 54 heavy (non-hydrogen) atoms. The van der Waals surface area contributed by atoms with Crippen LogP contribution in [0.5, 0.6) is 0 Å². The summed E-state index contributed by atoms with van der Waals surface area (Å²) in [5, 5.41) is 27.4. The first-order valence-corrected chi connectivity index (χ1v) is 22.2. The summed E-state index contributed by atoms with van der Waals surface area (Å²) in [5.74, 6) is -0.816. The Bertz CT molecular complexity index is 2000. The second-order valence-corrected chi connectivity index (χ2v) is 17.1. The molecule has 1 aromatic heterocycles. The van der Waals surface area contributed by atoms with Crippen molar-refractivity contribution in [2.24, 2.45) is 5.92 Å².